The Kier molecular flexibility index (Phi) is 6.15. The van der Waals surface area contributed by atoms with Crippen molar-refractivity contribution in [2.75, 3.05) is 12.4 Å². The van der Waals surface area contributed by atoms with Crippen LogP contribution in [-0.2, 0) is 0 Å². The molecule has 0 saturated heterocycles. The second kappa shape index (κ2) is 7.41. The Bertz CT molecular complexity index is 519. The van der Waals surface area contributed by atoms with E-state index in [1.54, 1.807) is 13.0 Å². The minimum atomic E-state index is -0.503. The predicted octanol–water partition coefficient (Wildman–Crippen LogP) is 3.68. The van der Waals surface area contributed by atoms with Gasteiger partial charge in [-0.1, -0.05) is 19.9 Å². The Morgan fingerprint density at radius 2 is 2.00 bits per heavy atom. The van der Waals surface area contributed by atoms with Crippen molar-refractivity contribution in [1.82, 2.24) is 5.32 Å². The highest BCUT2D eigenvalue weighted by atomic mass is 35.5. The number of aryl methyl sites for hydroxylation is 1. The molecule has 1 rings (SSSR count). The van der Waals surface area contributed by atoms with E-state index < -0.39 is 4.92 Å². The molecular weight excluding hydrogens is 292 g/mol. The first-order valence-electron chi connectivity index (χ1n) is 6.98. The summed E-state index contributed by atoms with van der Waals surface area (Å²) in [7, 11) is 0. The van der Waals surface area contributed by atoms with E-state index >= 15 is 0 Å². The van der Waals surface area contributed by atoms with Gasteiger partial charge in [-0.3, -0.25) is 14.9 Å². The normalized spacial score (nSPS) is 11.2. The summed E-state index contributed by atoms with van der Waals surface area (Å²) < 4.78 is 0. The summed E-state index contributed by atoms with van der Waals surface area (Å²) in [6.07, 6.45) is 1.72. The first-order valence-corrected chi connectivity index (χ1v) is 7.51. The summed E-state index contributed by atoms with van der Waals surface area (Å²) in [6, 6.07) is 4.29. The van der Waals surface area contributed by atoms with Crippen molar-refractivity contribution in [3.05, 3.63) is 39.4 Å². The third kappa shape index (κ3) is 4.17. The number of benzene rings is 1. The lowest BCUT2D eigenvalue weighted by Gasteiger charge is -2.29. The van der Waals surface area contributed by atoms with Gasteiger partial charge in [-0.15, -0.1) is 11.6 Å². The van der Waals surface area contributed by atoms with Gasteiger partial charge in [0.2, 0.25) is 0 Å². The number of nitro groups is 1. The maximum atomic E-state index is 12.3. The SMILES string of the molecule is CCC(CC)(CCl)CNC(=O)c1cc([N+](=O)[O-])ccc1C. The molecule has 0 radical (unpaired) electrons. The van der Waals surface area contributed by atoms with Crippen LogP contribution in [0.1, 0.15) is 42.6 Å². The van der Waals surface area contributed by atoms with Gasteiger partial charge in [0.05, 0.1) is 4.92 Å². The molecule has 116 valence electrons. The van der Waals surface area contributed by atoms with Crippen LogP contribution in [0, 0.1) is 22.5 Å². The number of nitro benzene ring substituents is 1. The second-order valence-electron chi connectivity index (χ2n) is 5.28. The molecule has 0 aliphatic carbocycles. The smallest absolute Gasteiger partial charge is 0.270 e. The summed E-state index contributed by atoms with van der Waals surface area (Å²) in [5.74, 6) is 0.168. The van der Waals surface area contributed by atoms with E-state index in [4.69, 9.17) is 11.6 Å². The first-order chi connectivity index (χ1) is 9.89. The minimum Gasteiger partial charge on any atom is -0.351 e. The molecule has 0 spiro atoms. The molecule has 0 heterocycles. The van der Waals surface area contributed by atoms with Gasteiger partial charge in [0.15, 0.2) is 0 Å². The molecule has 1 N–H and O–H groups in total. The summed E-state index contributed by atoms with van der Waals surface area (Å²) in [5, 5.41) is 13.7. The number of nitrogens with zero attached hydrogens (tertiary/aromatic N) is 1. The molecule has 0 atom stereocenters. The third-order valence-electron chi connectivity index (χ3n) is 4.08. The van der Waals surface area contributed by atoms with E-state index in [-0.39, 0.29) is 17.0 Å². The van der Waals surface area contributed by atoms with Crippen molar-refractivity contribution in [3.63, 3.8) is 0 Å². The standard InChI is InChI=1S/C15H21ClN2O3/c1-4-15(5-2,9-16)10-17-14(19)13-8-12(18(20)21)7-6-11(13)3/h6-8H,4-5,9-10H2,1-3H3,(H,17,19). The fourth-order valence-electron chi connectivity index (χ4n) is 2.07. The van der Waals surface area contributed by atoms with Gasteiger partial charge >= 0.3 is 0 Å². The zero-order valence-corrected chi connectivity index (χ0v) is 13.4. The van der Waals surface area contributed by atoms with Crippen LogP contribution < -0.4 is 5.32 Å². The molecule has 1 aromatic carbocycles. The highest BCUT2D eigenvalue weighted by Gasteiger charge is 2.26. The average Bonchev–Trinajstić information content (AvgIpc) is 2.49. The van der Waals surface area contributed by atoms with Crippen molar-refractivity contribution < 1.29 is 9.72 Å². The first kappa shape index (κ1) is 17.4. The van der Waals surface area contributed by atoms with E-state index in [1.165, 1.54) is 12.1 Å². The molecule has 1 amide bonds. The molecule has 6 heteroatoms. The van der Waals surface area contributed by atoms with Gasteiger partial charge in [-0.25, -0.2) is 0 Å². The van der Waals surface area contributed by atoms with E-state index in [0.717, 1.165) is 12.8 Å². The van der Waals surface area contributed by atoms with E-state index in [9.17, 15) is 14.9 Å². The van der Waals surface area contributed by atoms with Crippen molar-refractivity contribution in [1.29, 1.82) is 0 Å². The lowest BCUT2D eigenvalue weighted by molar-refractivity contribution is -0.384. The van der Waals surface area contributed by atoms with Gasteiger partial charge in [-0.05, 0) is 25.3 Å². The number of non-ortho nitro benzene ring substituents is 1. The Hall–Kier alpha value is -1.62. The molecule has 0 saturated carbocycles. The van der Waals surface area contributed by atoms with Crippen molar-refractivity contribution >= 4 is 23.2 Å². The number of rotatable bonds is 7. The summed E-state index contributed by atoms with van der Waals surface area (Å²) in [6.45, 7) is 6.30. The van der Waals surface area contributed by atoms with Gasteiger partial charge < -0.3 is 5.32 Å². The van der Waals surface area contributed by atoms with Gasteiger partial charge in [0, 0.05) is 35.5 Å². The van der Waals surface area contributed by atoms with E-state index in [1.807, 2.05) is 13.8 Å². The molecule has 0 fully saturated rings. The molecule has 0 unspecified atom stereocenters. The molecule has 0 aliphatic rings. The molecule has 0 aliphatic heterocycles. The van der Waals surface area contributed by atoms with Crippen molar-refractivity contribution in [2.24, 2.45) is 5.41 Å². The molecular formula is C15H21ClN2O3. The van der Waals surface area contributed by atoms with Crippen LogP contribution in [0.15, 0.2) is 18.2 Å². The lowest BCUT2D eigenvalue weighted by atomic mass is 9.84. The van der Waals surface area contributed by atoms with Crippen LogP contribution in [0.2, 0.25) is 0 Å². The van der Waals surface area contributed by atoms with E-state index in [2.05, 4.69) is 5.32 Å². The summed E-state index contributed by atoms with van der Waals surface area (Å²) in [4.78, 5) is 22.6. The molecule has 21 heavy (non-hydrogen) atoms. The Labute approximate surface area is 129 Å². The zero-order valence-electron chi connectivity index (χ0n) is 12.6. The van der Waals surface area contributed by atoms with Gasteiger partial charge in [0.1, 0.15) is 0 Å². The molecule has 1 aromatic rings. The van der Waals surface area contributed by atoms with Crippen LogP contribution in [-0.4, -0.2) is 23.3 Å². The summed E-state index contributed by atoms with van der Waals surface area (Å²) >= 11 is 6.01. The monoisotopic (exact) mass is 312 g/mol. The van der Waals surface area contributed by atoms with Crippen LogP contribution in [0.25, 0.3) is 0 Å². The second-order valence-corrected chi connectivity index (χ2v) is 5.55. The number of hydrogen-bond donors (Lipinski definition) is 1. The number of halogens is 1. The summed E-state index contributed by atoms with van der Waals surface area (Å²) in [5.41, 5.74) is 0.828. The quantitative estimate of drug-likeness (QED) is 0.474. The Morgan fingerprint density at radius 1 is 1.38 bits per heavy atom. The Balaban J connectivity index is 2.89. The maximum absolute atomic E-state index is 12.3. The number of carbonyl (C=O) groups excluding carboxylic acids is 1. The van der Waals surface area contributed by atoms with Crippen molar-refractivity contribution in [2.45, 2.75) is 33.6 Å². The zero-order chi connectivity index (χ0) is 16.0. The van der Waals surface area contributed by atoms with Gasteiger partial charge in [-0.2, -0.15) is 0 Å². The molecule has 0 aromatic heterocycles. The fourth-order valence-corrected chi connectivity index (χ4v) is 2.54. The van der Waals surface area contributed by atoms with Crippen LogP contribution >= 0.6 is 11.6 Å². The highest BCUT2D eigenvalue weighted by molar-refractivity contribution is 6.18. The highest BCUT2D eigenvalue weighted by Crippen LogP contribution is 2.27. The number of alkyl halides is 1. The topological polar surface area (TPSA) is 72.2 Å². The minimum absolute atomic E-state index is 0.0830. The molecule has 5 nitrogen and oxygen atoms in total. The van der Waals surface area contributed by atoms with Crippen LogP contribution in [0.3, 0.4) is 0 Å². The largest absolute Gasteiger partial charge is 0.351 e. The van der Waals surface area contributed by atoms with Gasteiger partial charge in [0.25, 0.3) is 11.6 Å². The number of hydrogen-bond acceptors (Lipinski definition) is 3. The number of nitrogens with one attached hydrogen (secondary N) is 1. The number of amides is 1. The van der Waals surface area contributed by atoms with Crippen LogP contribution in [0.4, 0.5) is 5.69 Å². The van der Waals surface area contributed by atoms with E-state index in [0.29, 0.717) is 23.6 Å². The lowest BCUT2D eigenvalue weighted by Crippen LogP contribution is -2.38. The molecule has 0 bridgehead atoms. The Morgan fingerprint density at radius 3 is 2.48 bits per heavy atom. The maximum Gasteiger partial charge on any atom is 0.270 e. The predicted molar refractivity (Wildman–Crippen MR) is 83.9 cm³/mol. The average molecular weight is 313 g/mol. The third-order valence-corrected chi connectivity index (χ3v) is 4.65. The fraction of sp³-hybridized carbons (Fsp3) is 0.533. The number of carbonyl (C=O) groups is 1. The van der Waals surface area contributed by atoms with Crippen LogP contribution in [0.5, 0.6) is 0 Å². The van der Waals surface area contributed by atoms with Crippen molar-refractivity contribution in [3.8, 4) is 0 Å².